The van der Waals surface area contributed by atoms with Gasteiger partial charge in [-0.2, -0.15) is 4.31 Å². The number of anilines is 1. The van der Waals surface area contributed by atoms with Gasteiger partial charge in [0.25, 0.3) is 0 Å². The van der Waals surface area contributed by atoms with Gasteiger partial charge in [0.15, 0.2) is 0 Å². The van der Waals surface area contributed by atoms with Gasteiger partial charge >= 0.3 is 0 Å². The molecule has 1 aliphatic rings. The van der Waals surface area contributed by atoms with Crippen LogP contribution in [-0.4, -0.2) is 30.8 Å². The minimum Gasteiger partial charge on any atom is -0.384 e. The van der Waals surface area contributed by atoms with Gasteiger partial charge in [0, 0.05) is 25.4 Å². The van der Waals surface area contributed by atoms with E-state index in [1.165, 1.54) is 18.3 Å². The highest BCUT2D eigenvalue weighted by atomic mass is 32.2. The number of rotatable bonds is 2. The van der Waals surface area contributed by atoms with Gasteiger partial charge in [-0.05, 0) is 18.9 Å². The van der Waals surface area contributed by atoms with Crippen LogP contribution >= 0.6 is 0 Å². The summed E-state index contributed by atoms with van der Waals surface area (Å²) in [6.45, 7) is 1.20. The van der Waals surface area contributed by atoms with Gasteiger partial charge in [0.05, 0.1) is 4.90 Å². The maximum Gasteiger partial charge on any atom is 0.243 e. The highest BCUT2D eigenvalue weighted by Crippen LogP contribution is 2.20. The third-order valence-electron chi connectivity index (χ3n) is 2.96. The maximum absolute atomic E-state index is 12.3. The Hall–Kier alpha value is -1.14. The van der Waals surface area contributed by atoms with Crippen molar-refractivity contribution < 1.29 is 8.42 Å². The van der Waals surface area contributed by atoms with E-state index in [1.807, 2.05) is 0 Å². The number of nitrogen functional groups attached to an aromatic ring is 1. The molecule has 0 spiro atoms. The maximum atomic E-state index is 12.3. The molecule has 1 aliphatic heterocycles. The number of nitrogens with zero attached hydrogens (tertiary/aromatic N) is 2. The molecule has 2 rings (SSSR count). The Balaban J connectivity index is 2.28. The number of nitrogens with two attached hydrogens (primary N) is 1. The highest BCUT2D eigenvalue weighted by molar-refractivity contribution is 7.89. The first kappa shape index (κ1) is 12.3. The molecular formula is C11H17N3O2S. The summed E-state index contributed by atoms with van der Waals surface area (Å²) in [6, 6.07) is 2.91. The van der Waals surface area contributed by atoms with Gasteiger partial charge in [-0.3, -0.25) is 0 Å². The largest absolute Gasteiger partial charge is 0.384 e. The van der Waals surface area contributed by atoms with E-state index in [0.717, 1.165) is 25.7 Å². The Bertz CT molecular complexity index is 479. The molecule has 0 aromatic carbocycles. The Morgan fingerprint density at radius 3 is 2.41 bits per heavy atom. The van der Waals surface area contributed by atoms with Crippen LogP contribution in [0.5, 0.6) is 0 Å². The monoisotopic (exact) mass is 255 g/mol. The molecule has 5 nitrogen and oxygen atoms in total. The van der Waals surface area contributed by atoms with Crippen LogP contribution in [0.25, 0.3) is 0 Å². The van der Waals surface area contributed by atoms with Crippen molar-refractivity contribution in [3.63, 3.8) is 0 Å². The van der Waals surface area contributed by atoms with E-state index in [4.69, 9.17) is 5.73 Å². The minimum absolute atomic E-state index is 0.237. The summed E-state index contributed by atoms with van der Waals surface area (Å²) >= 11 is 0. The van der Waals surface area contributed by atoms with Crippen LogP contribution in [0.4, 0.5) is 5.82 Å². The summed E-state index contributed by atoms with van der Waals surface area (Å²) in [6.07, 6.45) is 5.49. The Labute approximate surface area is 102 Å². The van der Waals surface area contributed by atoms with Gasteiger partial charge < -0.3 is 5.73 Å². The van der Waals surface area contributed by atoms with Gasteiger partial charge in [0.2, 0.25) is 10.0 Å². The first-order valence-electron chi connectivity index (χ1n) is 5.82. The third-order valence-corrected chi connectivity index (χ3v) is 4.85. The Morgan fingerprint density at radius 2 is 1.82 bits per heavy atom. The third kappa shape index (κ3) is 2.76. The summed E-state index contributed by atoms with van der Waals surface area (Å²) in [4.78, 5) is 4.05. The average molecular weight is 255 g/mol. The first-order chi connectivity index (χ1) is 8.10. The van der Waals surface area contributed by atoms with Crippen molar-refractivity contribution in [1.29, 1.82) is 0 Å². The average Bonchev–Trinajstić information content (AvgIpc) is 2.58. The summed E-state index contributed by atoms with van der Waals surface area (Å²) < 4.78 is 26.2. The predicted octanol–water partition coefficient (Wildman–Crippen LogP) is 1.23. The summed E-state index contributed by atoms with van der Waals surface area (Å²) in [5.41, 5.74) is 5.52. The Morgan fingerprint density at radius 1 is 1.18 bits per heavy atom. The normalized spacial score (nSPS) is 18.8. The van der Waals surface area contributed by atoms with Crippen molar-refractivity contribution in [2.24, 2.45) is 0 Å². The van der Waals surface area contributed by atoms with E-state index < -0.39 is 10.0 Å². The van der Waals surface area contributed by atoms with E-state index in [2.05, 4.69) is 4.98 Å². The minimum atomic E-state index is -3.39. The first-order valence-corrected chi connectivity index (χ1v) is 7.26. The lowest BCUT2D eigenvalue weighted by atomic mass is 10.2. The molecule has 1 aromatic rings. The second-order valence-electron chi connectivity index (χ2n) is 4.23. The summed E-state index contributed by atoms with van der Waals surface area (Å²) in [7, 11) is -3.39. The van der Waals surface area contributed by atoms with Crippen molar-refractivity contribution in [1.82, 2.24) is 9.29 Å². The fourth-order valence-corrected chi connectivity index (χ4v) is 3.56. The molecule has 0 amide bonds. The lowest BCUT2D eigenvalue weighted by molar-refractivity contribution is 0.423. The zero-order chi connectivity index (χ0) is 12.3. The topological polar surface area (TPSA) is 76.3 Å². The van der Waals surface area contributed by atoms with Crippen LogP contribution in [-0.2, 0) is 10.0 Å². The van der Waals surface area contributed by atoms with Gasteiger partial charge in [-0.1, -0.05) is 12.8 Å². The fourth-order valence-electron chi connectivity index (χ4n) is 2.02. The van der Waals surface area contributed by atoms with Crippen LogP contribution < -0.4 is 5.73 Å². The molecular weight excluding hydrogens is 238 g/mol. The summed E-state index contributed by atoms with van der Waals surface area (Å²) in [5.74, 6) is 0.237. The fraction of sp³-hybridized carbons (Fsp3) is 0.545. The molecule has 17 heavy (non-hydrogen) atoms. The smallest absolute Gasteiger partial charge is 0.243 e. The lowest BCUT2D eigenvalue weighted by Gasteiger charge is -2.19. The Kier molecular flexibility index (Phi) is 3.63. The molecule has 0 saturated carbocycles. The molecule has 0 radical (unpaired) electrons. The molecule has 2 N–H and O–H groups in total. The molecule has 2 heterocycles. The quantitative estimate of drug-likeness (QED) is 0.862. The van der Waals surface area contributed by atoms with Gasteiger partial charge in [-0.15, -0.1) is 0 Å². The van der Waals surface area contributed by atoms with Crippen LogP contribution in [0.15, 0.2) is 23.2 Å². The van der Waals surface area contributed by atoms with E-state index in [1.54, 1.807) is 4.31 Å². The summed E-state index contributed by atoms with van der Waals surface area (Å²) in [5, 5.41) is 0. The van der Waals surface area contributed by atoms with Crippen LogP contribution in [0.1, 0.15) is 25.7 Å². The van der Waals surface area contributed by atoms with Crippen molar-refractivity contribution in [3.05, 3.63) is 18.3 Å². The number of sulfonamides is 1. The van der Waals surface area contributed by atoms with E-state index >= 15 is 0 Å². The van der Waals surface area contributed by atoms with Crippen LogP contribution in [0.2, 0.25) is 0 Å². The molecule has 6 heteroatoms. The second kappa shape index (κ2) is 5.01. The van der Waals surface area contributed by atoms with Gasteiger partial charge in [-0.25, -0.2) is 13.4 Å². The molecule has 0 aliphatic carbocycles. The highest BCUT2D eigenvalue weighted by Gasteiger charge is 2.25. The van der Waals surface area contributed by atoms with Crippen molar-refractivity contribution in [2.75, 3.05) is 18.8 Å². The van der Waals surface area contributed by atoms with Crippen molar-refractivity contribution >= 4 is 15.8 Å². The molecule has 1 aromatic heterocycles. The van der Waals surface area contributed by atoms with Crippen molar-refractivity contribution in [2.45, 2.75) is 30.6 Å². The molecule has 1 fully saturated rings. The lowest BCUT2D eigenvalue weighted by Crippen LogP contribution is -2.32. The van der Waals surface area contributed by atoms with Crippen molar-refractivity contribution in [3.8, 4) is 0 Å². The predicted molar refractivity (Wildman–Crippen MR) is 65.9 cm³/mol. The van der Waals surface area contributed by atoms with E-state index in [-0.39, 0.29) is 10.7 Å². The van der Waals surface area contributed by atoms with E-state index in [9.17, 15) is 8.42 Å². The number of hydrogen-bond acceptors (Lipinski definition) is 4. The zero-order valence-electron chi connectivity index (χ0n) is 9.67. The van der Waals surface area contributed by atoms with E-state index in [0.29, 0.717) is 13.1 Å². The molecule has 0 unspecified atom stereocenters. The van der Waals surface area contributed by atoms with Gasteiger partial charge in [0.1, 0.15) is 5.82 Å². The number of aromatic nitrogens is 1. The standard InChI is InChI=1S/C11H17N3O2S/c12-11-9-10(5-6-13-11)17(15,16)14-7-3-1-2-4-8-14/h5-6,9H,1-4,7-8H2,(H2,12,13). The molecule has 94 valence electrons. The zero-order valence-corrected chi connectivity index (χ0v) is 10.5. The van der Waals surface area contributed by atoms with Crippen LogP contribution in [0, 0.1) is 0 Å². The number of pyridine rings is 1. The molecule has 1 saturated heterocycles. The molecule has 0 atom stereocenters. The van der Waals surface area contributed by atoms with Crippen LogP contribution in [0.3, 0.4) is 0 Å². The molecule has 0 bridgehead atoms. The number of hydrogen-bond donors (Lipinski definition) is 1. The second-order valence-corrected chi connectivity index (χ2v) is 6.17. The SMILES string of the molecule is Nc1cc(S(=O)(=O)N2CCCCCC2)ccn1.